The Balaban J connectivity index is 2.19. The van der Waals surface area contributed by atoms with E-state index in [1.54, 1.807) is 0 Å². The van der Waals surface area contributed by atoms with E-state index in [-0.39, 0.29) is 48.6 Å². The second-order valence-electron chi connectivity index (χ2n) is 6.21. The molecule has 2 rings (SSSR count). The molecule has 10 heteroatoms. The van der Waals surface area contributed by atoms with Gasteiger partial charge in [-0.2, -0.15) is 0 Å². The van der Waals surface area contributed by atoms with Crippen molar-refractivity contribution >= 4 is 23.2 Å². The lowest BCUT2D eigenvalue weighted by Gasteiger charge is -2.29. The fraction of sp³-hybridized carbons (Fsp3) is 0.600. The molecule has 1 fully saturated rings. The van der Waals surface area contributed by atoms with E-state index in [1.165, 1.54) is 13.1 Å². The number of nitrogens with one attached hydrogen (secondary N) is 1. The number of carbonyl (C=O) groups excluding carboxylic acids is 1. The Morgan fingerprint density at radius 1 is 1.40 bits per heavy atom. The molecule has 0 radical (unpaired) electrons. The molecule has 1 amide bonds. The van der Waals surface area contributed by atoms with E-state index in [0.717, 1.165) is 4.90 Å². The number of alkyl halides is 4. The van der Waals surface area contributed by atoms with Gasteiger partial charge >= 0.3 is 0 Å². The highest BCUT2D eigenvalue weighted by Gasteiger charge is 2.35. The van der Waals surface area contributed by atoms with Crippen molar-refractivity contribution in [3.63, 3.8) is 0 Å². The smallest absolute Gasteiger partial charge is 0.255 e. The number of nitrogen functional groups attached to an aromatic ring is 2. The minimum Gasteiger partial charge on any atom is -0.396 e. The van der Waals surface area contributed by atoms with Crippen molar-refractivity contribution in [3.05, 3.63) is 11.6 Å². The van der Waals surface area contributed by atoms with Crippen LogP contribution in [-0.4, -0.2) is 42.9 Å². The van der Waals surface area contributed by atoms with Gasteiger partial charge in [0.05, 0.1) is 17.8 Å². The maximum atomic E-state index is 13.2. The van der Waals surface area contributed by atoms with Gasteiger partial charge in [0.25, 0.3) is 12.3 Å². The predicted octanol–water partition coefficient (Wildman–Crippen LogP) is 2.25. The monoisotopic (exact) mass is 363 g/mol. The van der Waals surface area contributed by atoms with E-state index in [4.69, 9.17) is 11.5 Å². The highest BCUT2D eigenvalue weighted by molar-refractivity contribution is 6.00. The molecule has 1 aromatic rings. The van der Waals surface area contributed by atoms with Gasteiger partial charge in [0, 0.05) is 25.9 Å². The van der Waals surface area contributed by atoms with Crippen molar-refractivity contribution in [1.82, 2.24) is 10.3 Å². The Bertz CT molecular complexity index is 631. The maximum Gasteiger partial charge on any atom is 0.255 e. The number of hydrogen-bond acceptors (Lipinski definition) is 5. The van der Waals surface area contributed by atoms with E-state index >= 15 is 0 Å². The first-order chi connectivity index (χ1) is 11.6. The minimum absolute atomic E-state index is 0.0211. The first-order valence-corrected chi connectivity index (χ1v) is 7.83. The van der Waals surface area contributed by atoms with Crippen LogP contribution in [0.15, 0.2) is 6.07 Å². The second-order valence-corrected chi connectivity index (χ2v) is 6.21. The van der Waals surface area contributed by atoms with Crippen LogP contribution in [0.4, 0.5) is 34.9 Å². The third-order valence-corrected chi connectivity index (χ3v) is 4.13. The lowest BCUT2D eigenvalue weighted by molar-refractivity contribution is -0.0399. The summed E-state index contributed by atoms with van der Waals surface area (Å²) in [5, 5.41) is 2.65. The van der Waals surface area contributed by atoms with Gasteiger partial charge in [0.2, 0.25) is 5.92 Å². The van der Waals surface area contributed by atoms with Crippen molar-refractivity contribution in [2.75, 3.05) is 30.0 Å². The molecule has 5 N–H and O–H groups in total. The molecular formula is C15H21F4N5O. The molecule has 0 bridgehead atoms. The molecule has 6 nitrogen and oxygen atoms in total. The van der Waals surface area contributed by atoms with Gasteiger partial charge in [-0.05, 0) is 18.9 Å². The average molecular weight is 363 g/mol. The largest absolute Gasteiger partial charge is 0.396 e. The van der Waals surface area contributed by atoms with Crippen molar-refractivity contribution in [1.29, 1.82) is 0 Å². The molecule has 0 unspecified atom stereocenters. The molecular weight excluding hydrogens is 342 g/mol. The lowest BCUT2D eigenvalue weighted by Crippen LogP contribution is -2.41. The topological polar surface area (TPSA) is 97.3 Å². The van der Waals surface area contributed by atoms with Gasteiger partial charge in [-0.1, -0.05) is 0 Å². The van der Waals surface area contributed by atoms with Crippen LogP contribution >= 0.6 is 0 Å². The minimum atomic E-state index is -2.71. The van der Waals surface area contributed by atoms with E-state index in [2.05, 4.69) is 10.3 Å². The predicted molar refractivity (Wildman–Crippen MR) is 87.0 cm³/mol. The zero-order chi connectivity index (χ0) is 18.8. The van der Waals surface area contributed by atoms with E-state index in [9.17, 15) is 22.4 Å². The highest BCUT2D eigenvalue weighted by Crippen LogP contribution is 2.33. The van der Waals surface area contributed by atoms with Gasteiger partial charge < -0.3 is 21.7 Å². The van der Waals surface area contributed by atoms with Gasteiger partial charge in [-0.25, -0.2) is 22.5 Å². The summed E-state index contributed by atoms with van der Waals surface area (Å²) >= 11 is 0. The lowest BCUT2D eigenvalue weighted by atomic mass is 9.92. The van der Waals surface area contributed by atoms with Gasteiger partial charge in [0.1, 0.15) is 11.6 Å². The number of aromatic nitrogens is 1. The van der Waals surface area contributed by atoms with Crippen molar-refractivity contribution < 1.29 is 22.4 Å². The summed E-state index contributed by atoms with van der Waals surface area (Å²) in [7, 11) is 1.35. The number of rotatable bonds is 5. The van der Waals surface area contributed by atoms with Crippen LogP contribution in [0.2, 0.25) is 0 Å². The summed E-state index contributed by atoms with van der Waals surface area (Å²) in [5.74, 6) is -3.43. The molecule has 140 valence electrons. The Hall–Kier alpha value is -2.26. The van der Waals surface area contributed by atoms with Gasteiger partial charge in [0.15, 0.2) is 0 Å². The Kier molecular flexibility index (Phi) is 5.58. The zero-order valence-corrected chi connectivity index (χ0v) is 13.7. The third-order valence-electron chi connectivity index (χ3n) is 4.13. The number of carbonyl (C=O) groups is 1. The number of halogens is 4. The number of nitrogens with two attached hydrogens (primary N) is 2. The van der Waals surface area contributed by atoms with E-state index < -0.39 is 30.8 Å². The fourth-order valence-electron chi connectivity index (χ4n) is 2.73. The maximum absolute atomic E-state index is 13.2. The van der Waals surface area contributed by atoms with Crippen LogP contribution < -0.4 is 21.7 Å². The summed E-state index contributed by atoms with van der Waals surface area (Å²) in [4.78, 5) is 17.5. The molecule has 1 aliphatic rings. The van der Waals surface area contributed by atoms with Crippen LogP contribution in [0, 0.1) is 0 Å². The second kappa shape index (κ2) is 7.32. The summed E-state index contributed by atoms with van der Waals surface area (Å²) in [6.45, 7) is -0.647. The van der Waals surface area contributed by atoms with Crippen LogP contribution in [0.3, 0.4) is 0 Å². The average Bonchev–Trinajstić information content (AvgIpc) is 2.50. The molecule has 1 aliphatic carbocycles. The number of amides is 1. The van der Waals surface area contributed by atoms with Crippen LogP contribution in [0.25, 0.3) is 0 Å². The molecule has 1 aromatic heterocycles. The summed E-state index contributed by atoms with van der Waals surface area (Å²) in [6.07, 6.45) is -2.98. The summed E-state index contributed by atoms with van der Waals surface area (Å²) in [6, 6.07) is 0.839. The van der Waals surface area contributed by atoms with Crippen LogP contribution in [0.1, 0.15) is 36.0 Å². The number of anilines is 3. The van der Waals surface area contributed by atoms with Crippen molar-refractivity contribution in [2.45, 2.75) is 44.1 Å². The molecule has 0 aromatic carbocycles. The normalized spacial score (nSPS) is 17.5. The Morgan fingerprint density at radius 2 is 2.00 bits per heavy atom. The quantitative estimate of drug-likeness (QED) is 0.697. The van der Waals surface area contributed by atoms with Crippen molar-refractivity contribution in [2.24, 2.45) is 0 Å². The molecule has 0 aliphatic heterocycles. The van der Waals surface area contributed by atoms with Gasteiger partial charge in [-0.15, -0.1) is 0 Å². The standard InChI is InChI=1S/C15H21F4N5O/c1-24(7-11(16)17)13-9(6-10(20)12(21)23-13)14(25)22-8-2-4-15(18,19)5-3-8/h6,8,11H,2-5,7,20H2,1H3,(H2,21,23)(H,22,25). The van der Waals surface area contributed by atoms with Crippen molar-refractivity contribution in [3.8, 4) is 0 Å². The zero-order valence-electron chi connectivity index (χ0n) is 13.7. The SMILES string of the molecule is CN(CC(F)F)c1nc(N)c(N)cc1C(=O)NC1CCC(F)(F)CC1. The first kappa shape index (κ1) is 19.1. The van der Waals surface area contributed by atoms with Crippen LogP contribution in [0.5, 0.6) is 0 Å². The third kappa shape index (κ3) is 4.86. The first-order valence-electron chi connectivity index (χ1n) is 7.83. The molecule has 1 heterocycles. The highest BCUT2D eigenvalue weighted by atomic mass is 19.3. The summed E-state index contributed by atoms with van der Waals surface area (Å²) in [5.41, 5.74) is 11.3. The van der Waals surface area contributed by atoms with E-state index in [1.807, 2.05) is 0 Å². The molecule has 0 atom stereocenters. The molecule has 0 saturated heterocycles. The molecule has 25 heavy (non-hydrogen) atoms. The van der Waals surface area contributed by atoms with Crippen LogP contribution in [-0.2, 0) is 0 Å². The van der Waals surface area contributed by atoms with Gasteiger partial charge in [-0.3, -0.25) is 4.79 Å². The molecule has 0 spiro atoms. The number of nitrogens with zero attached hydrogens (tertiary/aromatic N) is 2. The summed E-state index contributed by atoms with van der Waals surface area (Å²) < 4.78 is 51.7. The Labute approximate surface area is 142 Å². The fourth-order valence-corrected chi connectivity index (χ4v) is 2.73. The number of hydrogen-bond donors (Lipinski definition) is 3. The Morgan fingerprint density at radius 3 is 2.56 bits per heavy atom. The molecule has 1 saturated carbocycles. The van der Waals surface area contributed by atoms with E-state index in [0.29, 0.717) is 0 Å². The number of pyridine rings is 1.